The molecule has 3 aromatic carbocycles. The number of benzene rings is 3. The summed E-state index contributed by atoms with van der Waals surface area (Å²) in [7, 11) is 3.03. The second-order valence-corrected chi connectivity index (χ2v) is 7.92. The van der Waals surface area contributed by atoms with Gasteiger partial charge in [-0.1, -0.05) is 29.3 Å². The van der Waals surface area contributed by atoms with E-state index in [9.17, 15) is 9.59 Å². The Labute approximate surface area is 195 Å². The highest BCUT2D eigenvalue weighted by atomic mass is 35.5. The lowest BCUT2D eigenvalue weighted by atomic mass is 10.1. The van der Waals surface area contributed by atoms with E-state index in [-0.39, 0.29) is 16.9 Å². The first-order valence-corrected chi connectivity index (χ1v) is 10.5. The van der Waals surface area contributed by atoms with Crippen LogP contribution in [-0.4, -0.2) is 20.2 Å². The van der Waals surface area contributed by atoms with Crippen molar-refractivity contribution in [3.63, 3.8) is 0 Å². The maximum absolute atomic E-state index is 13.4. The molecule has 0 saturated heterocycles. The lowest BCUT2D eigenvalue weighted by Gasteiger charge is -2.13. The first-order valence-electron chi connectivity index (χ1n) is 10.1. The number of ether oxygens (including phenoxy) is 3. The summed E-state index contributed by atoms with van der Waals surface area (Å²) >= 11 is 6.24. The van der Waals surface area contributed by atoms with Crippen LogP contribution in [-0.2, 0) is 0 Å². The minimum absolute atomic E-state index is 0.0937. The van der Waals surface area contributed by atoms with E-state index in [4.69, 9.17) is 30.2 Å². The zero-order valence-electron chi connectivity index (χ0n) is 18.5. The lowest BCUT2D eigenvalue weighted by molar-refractivity contribution is 0.0731. The molecule has 0 aliphatic carbocycles. The molecule has 0 bridgehead atoms. The largest absolute Gasteiger partial charge is 0.493 e. The number of aryl methyl sites for hydroxylation is 2. The van der Waals surface area contributed by atoms with Crippen LogP contribution in [0.15, 0.2) is 63.8 Å². The Morgan fingerprint density at radius 3 is 2.39 bits per heavy atom. The van der Waals surface area contributed by atoms with Crippen molar-refractivity contribution < 1.29 is 23.4 Å². The van der Waals surface area contributed by atoms with Crippen molar-refractivity contribution in [3.05, 3.63) is 86.5 Å². The third-order valence-corrected chi connectivity index (χ3v) is 5.63. The van der Waals surface area contributed by atoms with Crippen LogP contribution in [0.2, 0.25) is 5.02 Å². The Bertz CT molecular complexity index is 1440. The molecule has 33 heavy (non-hydrogen) atoms. The number of halogens is 1. The van der Waals surface area contributed by atoms with Crippen LogP contribution in [0.3, 0.4) is 0 Å². The molecular formula is C26H21ClO6. The Morgan fingerprint density at radius 1 is 0.939 bits per heavy atom. The van der Waals surface area contributed by atoms with Crippen LogP contribution in [0.5, 0.6) is 17.2 Å². The van der Waals surface area contributed by atoms with E-state index in [1.807, 2.05) is 19.9 Å². The number of carbonyl (C=O) groups is 1. The van der Waals surface area contributed by atoms with Crippen molar-refractivity contribution in [1.29, 1.82) is 0 Å². The molecule has 0 fully saturated rings. The van der Waals surface area contributed by atoms with Gasteiger partial charge < -0.3 is 18.6 Å². The van der Waals surface area contributed by atoms with Gasteiger partial charge in [0.25, 0.3) is 0 Å². The molecule has 4 rings (SSSR count). The standard InChI is InChI=1S/C26H21ClO6/c1-14-6-5-7-17(10-14)26(29)33-25-23(28)18-13-19(27)15(2)11-21(18)32-24(25)16-8-9-20(30-3)22(12-16)31-4/h5-13H,1-4H3. The molecule has 0 N–H and O–H groups in total. The summed E-state index contributed by atoms with van der Waals surface area (Å²) < 4.78 is 22.4. The zero-order chi connectivity index (χ0) is 23.7. The van der Waals surface area contributed by atoms with Crippen molar-refractivity contribution in [2.45, 2.75) is 13.8 Å². The van der Waals surface area contributed by atoms with Gasteiger partial charge in [-0.15, -0.1) is 0 Å². The summed E-state index contributed by atoms with van der Waals surface area (Å²) in [6.45, 7) is 3.67. The minimum Gasteiger partial charge on any atom is -0.493 e. The van der Waals surface area contributed by atoms with E-state index in [0.29, 0.717) is 33.2 Å². The van der Waals surface area contributed by atoms with E-state index in [0.717, 1.165) is 11.1 Å². The highest BCUT2D eigenvalue weighted by Crippen LogP contribution is 2.37. The average Bonchev–Trinajstić information content (AvgIpc) is 2.81. The van der Waals surface area contributed by atoms with Gasteiger partial charge in [-0.05, 0) is 61.9 Å². The average molecular weight is 465 g/mol. The third kappa shape index (κ3) is 4.30. The number of methoxy groups -OCH3 is 2. The van der Waals surface area contributed by atoms with Gasteiger partial charge in [-0.3, -0.25) is 4.79 Å². The Morgan fingerprint density at radius 2 is 1.70 bits per heavy atom. The molecule has 168 valence electrons. The SMILES string of the molecule is COc1ccc(-c2oc3cc(C)c(Cl)cc3c(=O)c2OC(=O)c2cccc(C)c2)cc1OC. The van der Waals surface area contributed by atoms with Crippen LogP contribution in [0.1, 0.15) is 21.5 Å². The predicted molar refractivity (Wildman–Crippen MR) is 127 cm³/mol. The van der Waals surface area contributed by atoms with Gasteiger partial charge in [0.15, 0.2) is 17.3 Å². The first kappa shape index (κ1) is 22.4. The second kappa shape index (κ2) is 9.00. The van der Waals surface area contributed by atoms with Crippen molar-refractivity contribution in [3.8, 4) is 28.6 Å². The molecule has 6 nitrogen and oxygen atoms in total. The maximum atomic E-state index is 13.4. The smallest absolute Gasteiger partial charge is 0.343 e. The molecule has 1 aromatic heterocycles. The maximum Gasteiger partial charge on any atom is 0.343 e. The Hall–Kier alpha value is -3.77. The summed E-state index contributed by atoms with van der Waals surface area (Å²) in [4.78, 5) is 26.4. The molecule has 0 spiro atoms. The van der Waals surface area contributed by atoms with Crippen LogP contribution < -0.4 is 19.6 Å². The van der Waals surface area contributed by atoms with Gasteiger partial charge in [-0.25, -0.2) is 4.79 Å². The molecule has 7 heteroatoms. The van der Waals surface area contributed by atoms with Crippen LogP contribution >= 0.6 is 11.6 Å². The molecule has 0 radical (unpaired) electrons. The summed E-state index contributed by atoms with van der Waals surface area (Å²) in [6, 6.07) is 15.1. The zero-order valence-corrected chi connectivity index (χ0v) is 19.3. The molecule has 0 saturated carbocycles. The molecule has 0 amide bonds. The van der Waals surface area contributed by atoms with Crippen LogP contribution in [0.4, 0.5) is 0 Å². The normalized spacial score (nSPS) is 10.8. The predicted octanol–water partition coefficient (Wildman–Crippen LogP) is 5.97. The van der Waals surface area contributed by atoms with E-state index in [1.54, 1.807) is 42.5 Å². The molecule has 0 aliphatic rings. The number of esters is 1. The monoisotopic (exact) mass is 464 g/mol. The van der Waals surface area contributed by atoms with Crippen molar-refractivity contribution >= 4 is 28.5 Å². The minimum atomic E-state index is -0.676. The summed E-state index contributed by atoms with van der Waals surface area (Å²) in [5.74, 6) is 0.119. The van der Waals surface area contributed by atoms with Gasteiger partial charge in [0.2, 0.25) is 11.2 Å². The van der Waals surface area contributed by atoms with E-state index in [1.165, 1.54) is 20.3 Å². The molecule has 4 aromatic rings. The van der Waals surface area contributed by atoms with Crippen molar-refractivity contribution in [2.24, 2.45) is 0 Å². The molecule has 0 aliphatic heterocycles. The number of hydrogen-bond donors (Lipinski definition) is 0. The molecular weight excluding hydrogens is 444 g/mol. The van der Waals surface area contributed by atoms with Gasteiger partial charge in [-0.2, -0.15) is 0 Å². The quantitative estimate of drug-likeness (QED) is 0.339. The van der Waals surface area contributed by atoms with Crippen molar-refractivity contribution in [1.82, 2.24) is 0 Å². The summed E-state index contributed by atoms with van der Waals surface area (Å²) in [6.07, 6.45) is 0. The van der Waals surface area contributed by atoms with Gasteiger partial charge in [0, 0.05) is 10.6 Å². The third-order valence-electron chi connectivity index (χ3n) is 5.22. The number of fused-ring (bicyclic) bond motifs is 1. The first-order chi connectivity index (χ1) is 15.8. The molecule has 0 atom stereocenters. The topological polar surface area (TPSA) is 75.0 Å². The van der Waals surface area contributed by atoms with Gasteiger partial charge >= 0.3 is 5.97 Å². The fourth-order valence-corrected chi connectivity index (χ4v) is 3.65. The fourth-order valence-electron chi connectivity index (χ4n) is 3.48. The van der Waals surface area contributed by atoms with E-state index < -0.39 is 11.4 Å². The Kier molecular flexibility index (Phi) is 6.11. The van der Waals surface area contributed by atoms with Gasteiger partial charge in [0.1, 0.15) is 5.58 Å². The Balaban J connectivity index is 1.95. The number of carbonyl (C=O) groups excluding carboxylic acids is 1. The highest BCUT2D eigenvalue weighted by Gasteiger charge is 2.23. The van der Waals surface area contributed by atoms with Crippen molar-refractivity contribution in [2.75, 3.05) is 14.2 Å². The second-order valence-electron chi connectivity index (χ2n) is 7.52. The van der Waals surface area contributed by atoms with Crippen LogP contribution in [0.25, 0.3) is 22.3 Å². The summed E-state index contributed by atoms with van der Waals surface area (Å²) in [5, 5.41) is 0.617. The number of hydrogen-bond acceptors (Lipinski definition) is 6. The molecule has 0 unspecified atom stereocenters. The summed E-state index contributed by atoms with van der Waals surface area (Å²) in [5.41, 5.74) is 2.24. The number of rotatable bonds is 5. The van der Waals surface area contributed by atoms with E-state index in [2.05, 4.69) is 0 Å². The fraction of sp³-hybridized carbons (Fsp3) is 0.154. The molecule has 1 heterocycles. The van der Waals surface area contributed by atoms with Gasteiger partial charge in [0.05, 0.1) is 25.2 Å². The lowest BCUT2D eigenvalue weighted by Crippen LogP contribution is -2.16. The van der Waals surface area contributed by atoms with E-state index >= 15 is 0 Å². The highest BCUT2D eigenvalue weighted by molar-refractivity contribution is 6.32. The van der Waals surface area contributed by atoms with Crippen LogP contribution in [0, 0.1) is 13.8 Å².